The first-order valence-corrected chi connectivity index (χ1v) is 7.79. The van der Waals surface area contributed by atoms with Crippen LogP contribution in [-0.4, -0.2) is 33.6 Å². The van der Waals surface area contributed by atoms with Gasteiger partial charge in [0.15, 0.2) is 5.58 Å². The highest BCUT2D eigenvalue weighted by atomic mass is 19.1. The van der Waals surface area contributed by atoms with E-state index in [4.69, 9.17) is 10.2 Å². The van der Waals surface area contributed by atoms with E-state index in [1.807, 2.05) is 7.05 Å². The molecule has 1 aromatic carbocycles. The van der Waals surface area contributed by atoms with Crippen LogP contribution in [0.5, 0.6) is 0 Å². The van der Waals surface area contributed by atoms with Crippen molar-refractivity contribution in [2.75, 3.05) is 24.7 Å². The molecule has 0 saturated carbocycles. The van der Waals surface area contributed by atoms with Gasteiger partial charge < -0.3 is 19.6 Å². The molecule has 0 aliphatic heterocycles. The number of oxazole rings is 1. The number of rotatable bonds is 1. The van der Waals surface area contributed by atoms with Crippen molar-refractivity contribution in [3.63, 3.8) is 0 Å². The summed E-state index contributed by atoms with van der Waals surface area (Å²) in [5, 5.41) is 0.653. The van der Waals surface area contributed by atoms with Gasteiger partial charge in [0.1, 0.15) is 29.1 Å². The largest absolute Gasteiger partial charge is 0.423 e. The van der Waals surface area contributed by atoms with E-state index in [0.717, 1.165) is 0 Å². The van der Waals surface area contributed by atoms with E-state index in [1.54, 1.807) is 35.8 Å². The van der Waals surface area contributed by atoms with Gasteiger partial charge in [0, 0.05) is 33.4 Å². The Bertz CT molecular complexity index is 1210. The number of nitrogen functional groups attached to an aromatic ring is 1. The van der Waals surface area contributed by atoms with Crippen molar-refractivity contribution in [3.05, 3.63) is 41.6 Å². The van der Waals surface area contributed by atoms with Crippen LogP contribution in [0.15, 0.2) is 29.1 Å². The first-order chi connectivity index (χ1) is 12.4. The molecule has 3 aromatic heterocycles. The number of aromatic nitrogens is 4. The van der Waals surface area contributed by atoms with Crippen LogP contribution < -0.4 is 10.6 Å². The molecule has 4 aromatic rings. The number of aryl methyl sites for hydroxylation is 1. The molecule has 130 valence electrons. The molecule has 0 unspecified atom stereocenters. The fourth-order valence-corrected chi connectivity index (χ4v) is 2.69. The average molecular weight is 350 g/mol. The zero-order valence-corrected chi connectivity index (χ0v) is 14.4. The molecule has 2 N–H and O–H groups in total. The summed E-state index contributed by atoms with van der Waals surface area (Å²) in [7, 11) is 5.44. The van der Waals surface area contributed by atoms with Gasteiger partial charge in [-0.3, -0.25) is 0 Å². The molecule has 26 heavy (non-hydrogen) atoms. The van der Waals surface area contributed by atoms with Gasteiger partial charge in [0.25, 0.3) is 6.01 Å². The normalized spacial score (nSPS) is 10.9. The zero-order chi connectivity index (χ0) is 18.4. The second-order valence-electron chi connectivity index (χ2n) is 6.05. The SMILES string of the molecule is CN(C)c1nc2cc(C#Cc3cn(C)c4ncnc(N)c34)c(F)cc2o1. The number of benzene rings is 1. The minimum Gasteiger partial charge on any atom is -0.423 e. The Labute approximate surface area is 148 Å². The van der Waals surface area contributed by atoms with Crippen LogP contribution in [0, 0.1) is 17.7 Å². The Hall–Kier alpha value is -3.60. The number of fused-ring (bicyclic) bond motifs is 2. The molecular weight excluding hydrogens is 335 g/mol. The van der Waals surface area contributed by atoms with Crippen molar-refractivity contribution in [3.8, 4) is 11.8 Å². The number of hydrogen-bond donors (Lipinski definition) is 1. The maximum absolute atomic E-state index is 14.4. The molecule has 3 heterocycles. The van der Waals surface area contributed by atoms with E-state index in [0.29, 0.717) is 39.5 Å². The Balaban J connectivity index is 1.83. The lowest BCUT2D eigenvalue weighted by molar-refractivity contribution is 0.586. The van der Waals surface area contributed by atoms with Gasteiger partial charge >= 0.3 is 0 Å². The summed E-state index contributed by atoms with van der Waals surface area (Å²) in [4.78, 5) is 14.2. The monoisotopic (exact) mass is 350 g/mol. The third-order valence-electron chi connectivity index (χ3n) is 3.96. The van der Waals surface area contributed by atoms with Gasteiger partial charge in [-0.05, 0) is 6.07 Å². The minimum atomic E-state index is -0.476. The number of hydrogen-bond acceptors (Lipinski definition) is 6. The molecule has 0 aliphatic rings. The Morgan fingerprint density at radius 1 is 1.19 bits per heavy atom. The maximum Gasteiger partial charge on any atom is 0.297 e. The van der Waals surface area contributed by atoms with Gasteiger partial charge in [-0.25, -0.2) is 14.4 Å². The molecule has 0 atom stereocenters. The predicted octanol–water partition coefficient (Wildman–Crippen LogP) is 2.30. The predicted molar refractivity (Wildman–Crippen MR) is 97.2 cm³/mol. The minimum absolute atomic E-state index is 0.225. The van der Waals surface area contributed by atoms with Crippen molar-refractivity contribution in [1.82, 2.24) is 19.5 Å². The third kappa shape index (κ3) is 2.50. The number of anilines is 2. The van der Waals surface area contributed by atoms with Crippen LogP contribution in [0.2, 0.25) is 0 Å². The second kappa shape index (κ2) is 5.74. The van der Waals surface area contributed by atoms with Gasteiger partial charge in [0.2, 0.25) is 0 Å². The lowest BCUT2D eigenvalue weighted by Crippen LogP contribution is -2.08. The lowest BCUT2D eigenvalue weighted by atomic mass is 10.1. The zero-order valence-electron chi connectivity index (χ0n) is 14.4. The Kier molecular flexibility index (Phi) is 3.51. The average Bonchev–Trinajstić information content (AvgIpc) is 3.15. The van der Waals surface area contributed by atoms with E-state index in [2.05, 4.69) is 26.8 Å². The fraction of sp³-hybridized carbons (Fsp3) is 0.167. The molecule has 0 spiro atoms. The maximum atomic E-state index is 14.4. The highest BCUT2D eigenvalue weighted by Gasteiger charge is 2.12. The number of nitrogens with two attached hydrogens (primary N) is 1. The van der Waals surface area contributed by atoms with Crippen LogP contribution in [0.4, 0.5) is 16.2 Å². The summed E-state index contributed by atoms with van der Waals surface area (Å²) in [6.45, 7) is 0. The molecule has 0 fully saturated rings. The molecule has 0 saturated heterocycles. The molecule has 7 nitrogen and oxygen atoms in total. The van der Waals surface area contributed by atoms with Crippen LogP contribution in [0.3, 0.4) is 0 Å². The smallest absolute Gasteiger partial charge is 0.297 e. The van der Waals surface area contributed by atoms with Crippen LogP contribution >= 0.6 is 0 Å². The quantitative estimate of drug-likeness (QED) is 0.530. The Morgan fingerprint density at radius 2 is 1.96 bits per heavy atom. The molecular formula is C18H15FN6O. The second-order valence-corrected chi connectivity index (χ2v) is 6.05. The van der Waals surface area contributed by atoms with Gasteiger partial charge in [-0.1, -0.05) is 11.8 Å². The van der Waals surface area contributed by atoms with Crippen LogP contribution in [-0.2, 0) is 7.05 Å². The molecule has 8 heteroatoms. The van der Waals surface area contributed by atoms with Crippen molar-refractivity contribution >= 4 is 34.0 Å². The van der Waals surface area contributed by atoms with Crippen molar-refractivity contribution in [1.29, 1.82) is 0 Å². The number of nitrogens with zero attached hydrogens (tertiary/aromatic N) is 5. The standard InChI is InChI=1S/C18H15FN6O/c1-24(2)18-23-13-6-10(12(19)7-14(13)26-18)4-5-11-8-25(3)17-15(11)16(20)21-9-22-17/h6-9H,1-3H3,(H2,20,21,22). The summed E-state index contributed by atoms with van der Waals surface area (Å²) >= 11 is 0. The van der Waals surface area contributed by atoms with Crippen molar-refractivity contribution in [2.24, 2.45) is 7.05 Å². The van der Waals surface area contributed by atoms with E-state index < -0.39 is 5.82 Å². The first kappa shape index (κ1) is 15.9. The van der Waals surface area contributed by atoms with E-state index >= 15 is 0 Å². The molecule has 0 radical (unpaired) electrons. The van der Waals surface area contributed by atoms with Crippen LogP contribution in [0.25, 0.3) is 22.1 Å². The van der Waals surface area contributed by atoms with Gasteiger partial charge in [0.05, 0.1) is 16.5 Å². The highest BCUT2D eigenvalue weighted by molar-refractivity contribution is 5.92. The summed E-state index contributed by atoms with van der Waals surface area (Å²) in [6.07, 6.45) is 3.19. The van der Waals surface area contributed by atoms with E-state index in [1.165, 1.54) is 12.4 Å². The van der Waals surface area contributed by atoms with Gasteiger partial charge in [-0.2, -0.15) is 4.98 Å². The lowest BCUT2D eigenvalue weighted by Gasteiger charge is -2.03. The first-order valence-electron chi connectivity index (χ1n) is 7.79. The summed E-state index contributed by atoms with van der Waals surface area (Å²) in [6, 6.07) is 3.27. The molecule has 0 bridgehead atoms. The van der Waals surface area contributed by atoms with Crippen LogP contribution in [0.1, 0.15) is 11.1 Å². The van der Waals surface area contributed by atoms with Crippen molar-refractivity contribution < 1.29 is 8.81 Å². The number of halogens is 1. The molecule has 0 aliphatic carbocycles. The van der Waals surface area contributed by atoms with E-state index in [9.17, 15) is 4.39 Å². The highest BCUT2D eigenvalue weighted by Crippen LogP contribution is 2.24. The Morgan fingerprint density at radius 3 is 2.73 bits per heavy atom. The van der Waals surface area contributed by atoms with Crippen molar-refractivity contribution in [2.45, 2.75) is 0 Å². The summed E-state index contributed by atoms with van der Waals surface area (Å²) in [5.41, 5.74) is 8.39. The van der Waals surface area contributed by atoms with Gasteiger partial charge in [-0.15, -0.1) is 0 Å². The topological polar surface area (TPSA) is 86.0 Å². The third-order valence-corrected chi connectivity index (χ3v) is 3.96. The fourth-order valence-electron chi connectivity index (χ4n) is 2.69. The summed E-state index contributed by atoms with van der Waals surface area (Å²) in [5.74, 6) is 5.67. The summed E-state index contributed by atoms with van der Waals surface area (Å²) < 4.78 is 21.7. The van der Waals surface area contributed by atoms with E-state index in [-0.39, 0.29) is 5.56 Å². The molecule has 4 rings (SSSR count). The molecule has 0 amide bonds.